The smallest absolute Gasteiger partial charge is 0.217 e. The molecular formula is C26H34N6O2. The van der Waals surface area contributed by atoms with Gasteiger partial charge in [0.2, 0.25) is 5.88 Å². The molecule has 0 aliphatic heterocycles. The lowest BCUT2D eigenvalue weighted by Gasteiger charge is -2.34. The number of hydrogen-bond acceptors (Lipinski definition) is 7. The van der Waals surface area contributed by atoms with Gasteiger partial charge in [-0.15, -0.1) is 0 Å². The second kappa shape index (κ2) is 9.35. The molecule has 0 spiro atoms. The normalized spacial score (nSPS) is 22.5. The van der Waals surface area contributed by atoms with E-state index in [0.29, 0.717) is 18.3 Å². The van der Waals surface area contributed by atoms with Crippen LogP contribution in [-0.2, 0) is 25.6 Å². The van der Waals surface area contributed by atoms with Gasteiger partial charge in [0.25, 0.3) is 0 Å². The molecule has 180 valence electrons. The van der Waals surface area contributed by atoms with Crippen LogP contribution in [0.25, 0.3) is 11.3 Å². The molecule has 4 N–H and O–H groups in total. The molecule has 0 amide bonds. The first-order valence-corrected chi connectivity index (χ1v) is 12.1. The fourth-order valence-electron chi connectivity index (χ4n) is 4.63. The molecule has 0 unspecified atom stereocenters. The van der Waals surface area contributed by atoms with Gasteiger partial charge in [0, 0.05) is 30.4 Å². The highest BCUT2D eigenvalue weighted by molar-refractivity contribution is 5.62. The molecule has 2 fully saturated rings. The van der Waals surface area contributed by atoms with E-state index in [9.17, 15) is 0 Å². The summed E-state index contributed by atoms with van der Waals surface area (Å²) in [6.07, 6.45) is 8.73. The van der Waals surface area contributed by atoms with Gasteiger partial charge >= 0.3 is 0 Å². The average Bonchev–Trinajstić information content (AvgIpc) is 3.61. The van der Waals surface area contributed by atoms with E-state index in [1.165, 1.54) is 18.5 Å². The van der Waals surface area contributed by atoms with Crippen molar-refractivity contribution < 1.29 is 9.47 Å². The van der Waals surface area contributed by atoms with Gasteiger partial charge in [0.15, 0.2) is 5.82 Å². The molecule has 1 aromatic carbocycles. The Balaban J connectivity index is 1.48. The van der Waals surface area contributed by atoms with Gasteiger partial charge in [-0.25, -0.2) is 4.98 Å². The Kier molecular flexibility index (Phi) is 6.27. The highest BCUT2D eigenvalue weighted by atomic mass is 16.5. The van der Waals surface area contributed by atoms with Crippen molar-refractivity contribution in [3.05, 3.63) is 53.6 Å². The van der Waals surface area contributed by atoms with Gasteiger partial charge in [0.05, 0.1) is 24.5 Å². The Bertz CT molecular complexity index is 1130. The largest absolute Gasteiger partial charge is 0.497 e. The lowest BCUT2D eigenvalue weighted by Crippen LogP contribution is -2.45. The molecule has 0 saturated heterocycles. The van der Waals surface area contributed by atoms with Gasteiger partial charge in [-0.2, -0.15) is 10.1 Å². The third-order valence-corrected chi connectivity index (χ3v) is 7.13. The molecule has 0 bridgehead atoms. The van der Waals surface area contributed by atoms with Crippen molar-refractivity contribution >= 4 is 0 Å². The third kappa shape index (κ3) is 4.93. The number of benzene rings is 1. The van der Waals surface area contributed by atoms with Crippen LogP contribution in [0.3, 0.4) is 0 Å². The predicted octanol–water partition coefficient (Wildman–Crippen LogP) is 3.47. The average molecular weight is 463 g/mol. The molecule has 34 heavy (non-hydrogen) atoms. The van der Waals surface area contributed by atoms with Crippen molar-refractivity contribution in [3.8, 4) is 22.9 Å². The van der Waals surface area contributed by atoms with Crippen LogP contribution < -0.4 is 20.9 Å². The van der Waals surface area contributed by atoms with E-state index in [1.54, 1.807) is 7.11 Å². The monoisotopic (exact) mass is 462 g/mol. The van der Waals surface area contributed by atoms with E-state index in [2.05, 4.69) is 5.10 Å². The Morgan fingerprint density at radius 1 is 1.09 bits per heavy atom. The van der Waals surface area contributed by atoms with Crippen molar-refractivity contribution in [1.82, 2.24) is 19.7 Å². The highest BCUT2D eigenvalue weighted by Gasteiger charge is 2.36. The molecule has 2 aliphatic rings. The number of ether oxygens (including phenoxy) is 2. The van der Waals surface area contributed by atoms with Crippen LogP contribution in [-0.4, -0.2) is 32.9 Å². The minimum absolute atomic E-state index is 0.189. The number of aromatic nitrogens is 4. The van der Waals surface area contributed by atoms with Crippen LogP contribution in [0.4, 0.5) is 0 Å². The highest BCUT2D eigenvalue weighted by Crippen LogP contribution is 2.38. The molecule has 5 rings (SSSR count). The van der Waals surface area contributed by atoms with Crippen LogP contribution in [0.2, 0.25) is 0 Å². The van der Waals surface area contributed by atoms with Crippen molar-refractivity contribution in [3.63, 3.8) is 0 Å². The standard InChI is InChI=1S/C26H34N6O2/c1-32-23(13-17-3-4-17)21(15-29-32)22-14-24(34-16-18-5-7-20(33-2)8-6-18)31-25(30-22)26(28)11-9-19(27)10-12-26/h5-8,14-15,17,19H,3-4,9-13,16,27-28H2,1-2H3. The number of methoxy groups -OCH3 is 1. The van der Waals surface area contributed by atoms with Crippen LogP contribution in [0.15, 0.2) is 36.5 Å². The predicted molar refractivity (Wildman–Crippen MR) is 130 cm³/mol. The first-order valence-electron chi connectivity index (χ1n) is 12.1. The summed E-state index contributed by atoms with van der Waals surface area (Å²) < 4.78 is 13.4. The van der Waals surface area contributed by atoms with E-state index in [4.69, 9.17) is 30.9 Å². The summed E-state index contributed by atoms with van der Waals surface area (Å²) in [6, 6.07) is 9.94. The number of nitrogens with two attached hydrogens (primary N) is 2. The van der Waals surface area contributed by atoms with E-state index >= 15 is 0 Å². The Morgan fingerprint density at radius 3 is 2.50 bits per heavy atom. The molecule has 2 saturated carbocycles. The lowest BCUT2D eigenvalue weighted by molar-refractivity contribution is 0.254. The molecule has 0 atom stereocenters. The fourth-order valence-corrected chi connectivity index (χ4v) is 4.63. The fraction of sp³-hybridized carbons (Fsp3) is 0.500. The van der Waals surface area contributed by atoms with E-state index < -0.39 is 5.54 Å². The van der Waals surface area contributed by atoms with Gasteiger partial charge in [-0.05, 0) is 68.6 Å². The molecule has 3 aromatic rings. The maximum atomic E-state index is 6.86. The molecule has 0 radical (unpaired) electrons. The van der Waals surface area contributed by atoms with Crippen LogP contribution >= 0.6 is 0 Å². The van der Waals surface area contributed by atoms with E-state index in [0.717, 1.165) is 60.6 Å². The first-order chi connectivity index (χ1) is 16.4. The van der Waals surface area contributed by atoms with Crippen LogP contribution in [0, 0.1) is 5.92 Å². The number of nitrogens with zero attached hydrogens (tertiary/aromatic N) is 4. The number of hydrogen-bond donors (Lipinski definition) is 2. The van der Waals surface area contributed by atoms with Gasteiger partial charge < -0.3 is 20.9 Å². The van der Waals surface area contributed by atoms with Gasteiger partial charge in [-0.1, -0.05) is 12.1 Å². The second-order valence-corrected chi connectivity index (χ2v) is 9.82. The SMILES string of the molecule is COc1ccc(COc2cc(-c3cnn(C)c3CC3CC3)nc(C3(N)CCC(N)CC3)n2)cc1. The second-order valence-electron chi connectivity index (χ2n) is 9.82. The van der Waals surface area contributed by atoms with Crippen molar-refractivity contribution in [2.75, 3.05) is 7.11 Å². The molecular weight excluding hydrogens is 428 g/mol. The minimum Gasteiger partial charge on any atom is -0.497 e. The number of rotatable bonds is 8. The summed E-state index contributed by atoms with van der Waals surface area (Å²) in [5.74, 6) is 2.71. The Morgan fingerprint density at radius 2 is 1.82 bits per heavy atom. The summed E-state index contributed by atoms with van der Waals surface area (Å²) in [6.45, 7) is 0.393. The molecule has 8 heteroatoms. The van der Waals surface area contributed by atoms with Crippen LogP contribution in [0.1, 0.15) is 55.6 Å². The molecule has 8 nitrogen and oxygen atoms in total. The summed E-state index contributed by atoms with van der Waals surface area (Å²) >= 11 is 0. The summed E-state index contributed by atoms with van der Waals surface area (Å²) in [4.78, 5) is 9.76. The topological polar surface area (TPSA) is 114 Å². The zero-order valence-corrected chi connectivity index (χ0v) is 20.0. The Labute approximate surface area is 200 Å². The summed E-state index contributed by atoms with van der Waals surface area (Å²) in [7, 11) is 3.66. The van der Waals surface area contributed by atoms with Gasteiger partial charge in [0.1, 0.15) is 12.4 Å². The van der Waals surface area contributed by atoms with E-state index in [1.807, 2.05) is 48.3 Å². The maximum absolute atomic E-state index is 6.86. The molecule has 2 heterocycles. The Hall–Kier alpha value is -2.97. The summed E-state index contributed by atoms with van der Waals surface area (Å²) in [5, 5.41) is 4.54. The quantitative estimate of drug-likeness (QED) is 0.527. The summed E-state index contributed by atoms with van der Waals surface area (Å²) in [5.41, 5.74) is 16.5. The first kappa shape index (κ1) is 22.8. The third-order valence-electron chi connectivity index (χ3n) is 7.13. The number of aryl methyl sites for hydroxylation is 1. The maximum Gasteiger partial charge on any atom is 0.217 e. The molecule has 2 aromatic heterocycles. The zero-order valence-electron chi connectivity index (χ0n) is 20.0. The zero-order chi connectivity index (χ0) is 23.7. The van der Waals surface area contributed by atoms with Crippen molar-refractivity contribution in [2.24, 2.45) is 24.4 Å². The van der Waals surface area contributed by atoms with E-state index in [-0.39, 0.29) is 6.04 Å². The van der Waals surface area contributed by atoms with Crippen molar-refractivity contribution in [2.45, 2.75) is 63.1 Å². The van der Waals surface area contributed by atoms with Gasteiger partial charge in [-0.3, -0.25) is 4.68 Å². The van der Waals surface area contributed by atoms with Crippen LogP contribution in [0.5, 0.6) is 11.6 Å². The molecule has 2 aliphatic carbocycles. The van der Waals surface area contributed by atoms with Crippen molar-refractivity contribution in [1.29, 1.82) is 0 Å². The minimum atomic E-state index is -0.608. The lowest BCUT2D eigenvalue weighted by atomic mass is 9.79.